The Kier molecular flexibility index (Phi) is 5.87. The minimum atomic E-state index is -2.13. The van der Waals surface area contributed by atoms with Gasteiger partial charge in [0.05, 0.1) is 5.41 Å². The lowest BCUT2D eigenvalue weighted by molar-refractivity contribution is 0.660. The van der Waals surface area contributed by atoms with E-state index in [1.165, 1.54) is 66.8 Å². The average Bonchev–Trinajstić information content (AvgIpc) is 3.79. The molecule has 0 radical (unpaired) electrons. The van der Waals surface area contributed by atoms with Crippen LogP contribution in [0.4, 0.5) is 17.1 Å². The fourth-order valence-electron chi connectivity index (χ4n) is 9.97. The summed E-state index contributed by atoms with van der Waals surface area (Å²) in [5.41, 5.74) is 20.7. The maximum atomic E-state index is 7.83. The van der Waals surface area contributed by atoms with Crippen LogP contribution in [0.1, 0.15) is 56.9 Å². The zero-order valence-corrected chi connectivity index (χ0v) is 30.3. The number of rotatable bonds is 4. The van der Waals surface area contributed by atoms with Crippen LogP contribution in [0.2, 0.25) is 0 Å². The van der Waals surface area contributed by atoms with Gasteiger partial charge >= 0.3 is 0 Å². The zero-order valence-electron chi connectivity index (χ0n) is 33.3. The number of hydrogen-bond acceptors (Lipinski definition) is 1. The largest absolute Gasteiger partial charge is 0.310 e. The van der Waals surface area contributed by atoms with Crippen LogP contribution in [-0.2, 0) is 10.8 Å². The van der Waals surface area contributed by atoms with E-state index in [4.69, 9.17) is 4.11 Å². The highest BCUT2D eigenvalue weighted by Crippen LogP contribution is 2.63. The molecule has 1 spiro atoms. The van der Waals surface area contributed by atoms with Crippen molar-refractivity contribution in [3.8, 4) is 44.5 Å². The number of anilines is 3. The van der Waals surface area contributed by atoms with E-state index in [9.17, 15) is 0 Å². The third-order valence-corrected chi connectivity index (χ3v) is 12.4. The normalized spacial score (nSPS) is 15.6. The molecule has 54 heavy (non-hydrogen) atoms. The van der Waals surface area contributed by atoms with Crippen LogP contribution in [0.25, 0.3) is 44.5 Å². The van der Waals surface area contributed by atoms with Crippen LogP contribution in [0.3, 0.4) is 0 Å². The first-order chi connectivity index (χ1) is 27.7. The highest BCUT2D eigenvalue weighted by atomic mass is 15.1. The second-order valence-electron chi connectivity index (χ2n) is 15.5. The lowest BCUT2D eigenvalue weighted by atomic mass is 9.70. The predicted octanol–water partition coefficient (Wildman–Crippen LogP) is 13.8. The Bertz CT molecular complexity index is 2850. The summed E-state index contributed by atoms with van der Waals surface area (Å²) in [4.78, 5) is 2.41. The van der Waals surface area contributed by atoms with Gasteiger partial charge in [0, 0.05) is 26.6 Å². The zero-order chi connectivity index (χ0) is 38.7. The Labute approximate surface area is 322 Å². The van der Waals surface area contributed by atoms with E-state index in [-0.39, 0.29) is 5.41 Å². The van der Waals surface area contributed by atoms with Gasteiger partial charge in [-0.3, -0.25) is 0 Å². The summed E-state index contributed by atoms with van der Waals surface area (Å²) in [7, 11) is 0. The lowest BCUT2D eigenvalue weighted by Crippen LogP contribution is -2.26. The van der Waals surface area contributed by atoms with E-state index in [0.717, 1.165) is 28.2 Å². The Morgan fingerprint density at radius 1 is 0.370 bits per heavy atom. The Balaban J connectivity index is 1.12. The number of nitrogens with zero attached hydrogens (tertiary/aromatic N) is 1. The van der Waals surface area contributed by atoms with Crippen LogP contribution >= 0.6 is 0 Å². The molecule has 0 amide bonds. The van der Waals surface area contributed by atoms with Crippen LogP contribution in [0.15, 0.2) is 182 Å². The molecule has 1 nitrogen and oxygen atoms in total. The third kappa shape index (κ3) is 4.15. The van der Waals surface area contributed by atoms with Gasteiger partial charge in [0.2, 0.25) is 0 Å². The Hall–Kier alpha value is -6.44. The molecule has 3 aliphatic rings. The monoisotopic (exact) mass is 692 g/mol. The number of aryl methyl sites for hydroxylation is 1. The van der Waals surface area contributed by atoms with Crippen molar-refractivity contribution in [3.05, 3.63) is 221 Å². The van der Waals surface area contributed by atoms with Gasteiger partial charge in [0.25, 0.3) is 0 Å². The van der Waals surface area contributed by atoms with Crippen LogP contribution < -0.4 is 4.90 Å². The fraction of sp³-hybridized carbons (Fsp3) is 0.0943. The van der Waals surface area contributed by atoms with Gasteiger partial charge in [-0.25, -0.2) is 0 Å². The molecule has 0 N–H and O–H groups in total. The Morgan fingerprint density at radius 3 is 1.28 bits per heavy atom. The summed E-state index contributed by atoms with van der Waals surface area (Å²) in [5.74, 6) is 0. The van der Waals surface area contributed by atoms with Crippen molar-refractivity contribution in [2.75, 3.05) is 4.90 Å². The average molecular weight is 693 g/mol. The van der Waals surface area contributed by atoms with E-state index in [0.29, 0.717) is 5.56 Å². The van der Waals surface area contributed by atoms with E-state index in [1.807, 2.05) is 12.1 Å². The molecule has 0 bridgehead atoms. The number of benzene rings is 8. The molecular weight excluding hydrogens is 651 g/mol. The quantitative estimate of drug-likeness (QED) is 0.177. The minimum Gasteiger partial charge on any atom is -0.310 e. The van der Waals surface area contributed by atoms with Gasteiger partial charge in [0.15, 0.2) is 0 Å². The lowest BCUT2D eigenvalue weighted by Gasteiger charge is -2.32. The first-order valence-electron chi connectivity index (χ1n) is 20.3. The molecule has 0 unspecified atom stereocenters. The molecule has 0 saturated heterocycles. The smallest absolute Gasteiger partial charge is 0.0726 e. The molecule has 11 rings (SSSR count). The first-order valence-corrected chi connectivity index (χ1v) is 18.8. The van der Waals surface area contributed by atoms with Gasteiger partial charge in [-0.2, -0.15) is 0 Å². The van der Waals surface area contributed by atoms with Gasteiger partial charge in [-0.15, -0.1) is 0 Å². The highest BCUT2D eigenvalue weighted by molar-refractivity contribution is 5.96. The maximum Gasteiger partial charge on any atom is 0.0726 e. The Morgan fingerprint density at radius 2 is 0.759 bits per heavy atom. The predicted molar refractivity (Wildman–Crippen MR) is 225 cm³/mol. The molecule has 1 heteroatoms. The van der Waals surface area contributed by atoms with Crippen molar-refractivity contribution < 1.29 is 4.11 Å². The molecule has 0 saturated carbocycles. The third-order valence-electron chi connectivity index (χ3n) is 12.4. The molecule has 256 valence electrons. The SMILES string of the molecule is [2H]C([2H])([2H])c1ccc(-c2ccc(N(c3ccc4c(c3)C(C)(C)c3ccccc3-4)c3ccc4c(c3)C3(c5ccccc5-c5ccccc53)c3ccccc3-4)cc2)cc1. The second kappa shape index (κ2) is 11.3. The maximum absolute atomic E-state index is 7.83. The fourth-order valence-corrected chi connectivity index (χ4v) is 9.97. The summed E-state index contributed by atoms with van der Waals surface area (Å²) in [6, 6.07) is 65.6. The van der Waals surface area contributed by atoms with Crippen molar-refractivity contribution >= 4 is 17.1 Å². The van der Waals surface area contributed by atoms with Crippen molar-refractivity contribution in [2.45, 2.75) is 31.5 Å². The summed E-state index contributed by atoms with van der Waals surface area (Å²) in [6.45, 7) is 2.54. The molecule has 0 aliphatic heterocycles. The van der Waals surface area contributed by atoms with Crippen LogP contribution in [-0.4, -0.2) is 0 Å². The van der Waals surface area contributed by atoms with Crippen molar-refractivity contribution in [3.63, 3.8) is 0 Å². The molecule has 0 atom stereocenters. The highest BCUT2D eigenvalue weighted by Gasteiger charge is 2.51. The number of hydrogen-bond donors (Lipinski definition) is 0. The van der Waals surface area contributed by atoms with Crippen LogP contribution in [0.5, 0.6) is 0 Å². The standard InChI is InChI=1S/C53H39N/c1-34-20-22-35(23-21-34)36-24-26-37(27-25-36)54(38-28-30-44-40-12-4-8-16-46(40)52(2,3)50(44)32-38)39-29-31-45-43-15-7-11-19-49(43)53(51(45)33-39)47-17-9-5-13-41(47)42-14-6-10-18-48(42)53/h4-33H,1-3H3/i1D3. The van der Waals surface area contributed by atoms with E-state index < -0.39 is 12.3 Å². The molecule has 0 aromatic heterocycles. The summed E-state index contributed by atoms with van der Waals surface area (Å²) in [6.07, 6.45) is 0. The topological polar surface area (TPSA) is 3.24 Å². The van der Waals surface area contributed by atoms with Crippen molar-refractivity contribution in [2.24, 2.45) is 0 Å². The summed E-state index contributed by atoms with van der Waals surface area (Å²) >= 11 is 0. The molecule has 3 aliphatic carbocycles. The van der Waals surface area contributed by atoms with Crippen molar-refractivity contribution in [1.29, 1.82) is 0 Å². The second-order valence-corrected chi connectivity index (χ2v) is 15.5. The van der Waals surface area contributed by atoms with Gasteiger partial charge < -0.3 is 4.90 Å². The van der Waals surface area contributed by atoms with E-state index in [2.05, 4.69) is 176 Å². The van der Waals surface area contributed by atoms with E-state index >= 15 is 0 Å². The molecule has 0 fully saturated rings. The summed E-state index contributed by atoms with van der Waals surface area (Å²) in [5, 5.41) is 0. The molecule has 0 heterocycles. The molecular formula is C53H39N. The van der Waals surface area contributed by atoms with Crippen LogP contribution in [0, 0.1) is 6.85 Å². The minimum absolute atomic E-state index is 0.154. The molecule has 8 aromatic rings. The number of fused-ring (bicyclic) bond motifs is 13. The van der Waals surface area contributed by atoms with Gasteiger partial charge in [-0.05, 0) is 121 Å². The summed E-state index contributed by atoms with van der Waals surface area (Å²) < 4.78 is 23.5. The van der Waals surface area contributed by atoms with Gasteiger partial charge in [-0.1, -0.05) is 165 Å². The molecule has 8 aromatic carbocycles. The van der Waals surface area contributed by atoms with Gasteiger partial charge in [0.1, 0.15) is 0 Å². The first kappa shape index (κ1) is 28.1. The van der Waals surface area contributed by atoms with Crippen molar-refractivity contribution in [1.82, 2.24) is 0 Å². The van der Waals surface area contributed by atoms with E-state index in [1.54, 1.807) is 12.1 Å².